The minimum atomic E-state index is -0.537. The van der Waals surface area contributed by atoms with Crippen LogP contribution in [0.2, 0.25) is 0 Å². The summed E-state index contributed by atoms with van der Waals surface area (Å²) in [6.07, 6.45) is 1.87. The third kappa shape index (κ3) is 1.52. The molecule has 100 valence electrons. The highest BCUT2D eigenvalue weighted by Crippen LogP contribution is 2.53. The van der Waals surface area contributed by atoms with Gasteiger partial charge in [0.15, 0.2) is 11.6 Å². The van der Waals surface area contributed by atoms with Gasteiger partial charge in [0.2, 0.25) is 0 Å². The van der Waals surface area contributed by atoms with Crippen LogP contribution >= 0.6 is 27.3 Å². The lowest BCUT2D eigenvalue weighted by molar-refractivity contribution is -0.127. The third-order valence-corrected chi connectivity index (χ3v) is 6.31. The van der Waals surface area contributed by atoms with Crippen LogP contribution in [0.25, 0.3) is 0 Å². The minimum absolute atomic E-state index is 0.00108. The zero-order chi connectivity index (χ0) is 13.3. The molecule has 0 amide bonds. The number of thiophene rings is 1. The molecule has 1 unspecified atom stereocenters. The van der Waals surface area contributed by atoms with Crippen LogP contribution in [0.15, 0.2) is 9.85 Å². The molecule has 5 atom stereocenters. The van der Waals surface area contributed by atoms with E-state index >= 15 is 0 Å². The van der Waals surface area contributed by atoms with E-state index in [4.69, 9.17) is 4.74 Å². The van der Waals surface area contributed by atoms with Crippen LogP contribution in [0.3, 0.4) is 0 Å². The highest BCUT2D eigenvalue weighted by molar-refractivity contribution is 9.11. The van der Waals surface area contributed by atoms with Gasteiger partial charge in [0.25, 0.3) is 0 Å². The first-order valence-electron chi connectivity index (χ1n) is 6.56. The van der Waals surface area contributed by atoms with E-state index in [0.29, 0.717) is 0 Å². The van der Waals surface area contributed by atoms with Gasteiger partial charge in [-0.3, -0.25) is 9.59 Å². The standard InChI is InChI=1S/C14H13BrO3S/c1-5-6(4-9(15)19-5)10-13(16)11-7-2-3-8(18-7)12(11)14(10)17/h4,7-8,10-12H,2-3H2,1H3/t7-,8+,10?,11+,12-. The largest absolute Gasteiger partial charge is 0.373 e. The molecule has 1 aliphatic carbocycles. The summed E-state index contributed by atoms with van der Waals surface area (Å²) >= 11 is 5.02. The first kappa shape index (κ1) is 12.2. The van der Waals surface area contributed by atoms with Crippen LogP contribution in [-0.4, -0.2) is 23.8 Å². The Morgan fingerprint density at radius 3 is 2.26 bits per heavy atom. The van der Waals surface area contributed by atoms with Crippen molar-refractivity contribution in [1.29, 1.82) is 0 Å². The van der Waals surface area contributed by atoms with Crippen LogP contribution < -0.4 is 0 Å². The van der Waals surface area contributed by atoms with E-state index in [9.17, 15) is 9.59 Å². The zero-order valence-corrected chi connectivity index (χ0v) is 12.8. The lowest BCUT2D eigenvalue weighted by Gasteiger charge is -2.16. The number of hydrogen-bond acceptors (Lipinski definition) is 4. The van der Waals surface area contributed by atoms with Crippen molar-refractivity contribution in [2.24, 2.45) is 11.8 Å². The summed E-state index contributed by atoms with van der Waals surface area (Å²) in [5, 5.41) is 0. The Morgan fingerprint density at radius 2 is 1.79 bits per heavy atom. The van der Waals surface area contributed by atoms with E-state index in [-0.39, 0.29) is 35.6 Å². The number of fused-ring (bicyclic) bond motifs is 5. The maximum atomic E-state index is 12.6. The summed E-state index contributed by atoms with van der Waals surface area (Å²) in [6.45, 7) is 1.98. The minimum Gasteiger partial charge on any atom is -0.373 e. The van der Waals surface area contributed by atoms with Crippen molar-refractivity contribution in [2.45, 2.75) is 37.9 Å². The van der Waals surface area contributed by atoms with Crippen LogP contribution in [0.1, 0.15) is 29.2 Å². The lowest BCUT2D eigenvalue weighted by atomic mass is 9.81. The van der Waals surface area contributed by atoms with Gasteiger partial charge in [-0.2, -0.15) is 0 Å². The molecule has 4 rings (SSSR count). The quantitative estimate of drug-likeness (QED) is 0.738. The molecule has 19 heavy (non-hydrogen) atoms. The van der Waals surface area contributed by atoms with E-state index in [1.807, 2.05) is 13.0 Å². The van der Waals surface area contributed by atoms with Crippen LogP contribution in [0.4, 0.5) is 0 Å². The Labute approximate surface area is 123 Å². The van der Waals surface area contributed by atoms with Crippen molar-refractivity contribution in [3.63, 3.8) is 0 Å². The second-order valence-corrected chi connectivity index (χ2v) is 8.28. The number of rotatable bonds is 1. The van der Waals surface area contributed by atoms with Gasteiger partial charge >= 0.3 is 0 Å². The van der Waals surface area contributed by atoms with Gasteiger partial charge in [-0.15, -0.1) is 11.3 Å². The Kier molecular flexibility index (Phi) is 2.57. The number of carbonyl (C=O) groups is 2. The number of hydrogen-bond donors (Lipinski definition) is 0. The Bertz CT molecular complexity index is 566. The van der Waals surface area contributed by atoms with Gasteiger partial charge in [0.05, 0.1) is 27.8 Å². The average molecular weight is 341 g/mol. The first-order chi connectivity index (χ1) is 9.08. The maximum absolute atomic E-state index is 12.6. The molecule has 0 N–H and O–H groups in total. The predicted molar refractivity (Wildman–Crippen MR) is 74.4 cm³/mol. The van der Waals surface area contributed by atoms with E-state index < -0.39 is 5.92 Å². The number of Topliss-reactive ketones (excluding diaryl/α,β-unsaturated/α-hetero) is 2. The van der Waals surface area contributed by atoms with Crippen molar-refractivity contribution < 1.29 is 14.3 Å². The van der Waals surface area contributed by atoms with E-state index in [1.54, 1.807) is 11.3 Å². The highest BCUT2D eigenvalue weighted by atomic mass is 79.9. The molecule has 3 nitrogen and oxygen atoms in total. The predicted octanol–water partition coefficient (Wildman–Crippen LogP) is 2.85. The molecule has 2 saturated heterocycles. The van der Waals surface area contributed by atoms with Crippen molar-refractivity contribution in [2.75, 3.05) is 0 Å². The van der Waals surface area contributed by atoms with E-state index in [1.165, 1.54) is 0 Å². The molecule has 0 radical (unpaired) electrons. The smallest absolute Gasteiger partial charge is 0.154 e. The molecular weight excluding hydrogens is 328 g/mol. The first-order valence-corrected chi connectivity index (χ1v) is 8.17. The van der Waals surface area contributed by atoms with Crippen molar-refractivity contribution >= 4 is 38.8 Å². The van der Waals surface area contributed by atoms with Crippen molar-refractivity contribution in [3.05, 3.63) is 20.3 Å². The van der Waals surface area contributed by atoms with Crippen LogP contribution in [-0.2, 0) is 14.3 Å². The summed E-state index contributed by atoms with van der Waals surface area (Å²) in [5.41, 5.74) is 0.903. The van der Waals surface area contributed by atoms with E-state index in [2.05, 4.69) is 15.9 Å². The Morgan fingerprint density at radius 1 is 1.21 bits per heavy atom. The van der Waals surface area contributed by atoms with Gasteiger partial charge in [-0.05, 0) is 47.3 Å². The third-order valence-electron chi connectivity index (χ3n) is 4.74. The number of halogens is 1. The SMILES string of the molecule is Cc1sc(Br)cc1C1C(=O)[C@@H]2[C@H](C1=O)[C@@H]1CC[C@H]2O1. The molecule has 3 heterocycles. The molecule has 1 aromatic heterocycles. The number of aryl methyl sites for hydroxylation is 1. The molecular formula is C14H13BrO3S. The number of ether oxygens (including phenoxy) is 1. The Hall–Kier alpha value is -0.520. The van der Waals surface area contributed by atoms with Gasteiger partial charge in [0.1, 0.15) is 5.92 Å². The maximum Gasteiger partial charge on any atom is 0.154 e. The van der Waals surface area contributed by atoms with Gasteiger partial charge in [0, 0.05) is 4.88 Å². The summed E-state index contributed by atoms with van der Waals surface area (Å²) in [7, 11) is 0. The molecule has 3 fully saturated rings. The fraction of sp³-hybridized carbons (Fsp3) is 0.571. The second kappa shape index (κ2) is 3.99. The number of carbonyl (C=O) groups excluding carboxylic acids is 2. The molecule has 3 aliphatic rings. The average Bonchev–Trinajstić information content (AvgIpc) is 3.06. The lowest BCUT2D eigenvalue weighted by Crippen LogP contribution is -2.29. The van der Waals surface area contributed by atoms with Gasteiger partial charge < -0.3 is 4.74 Å². The molecule has 2 bridgehead atoms. The van der Waals surface area contributed by atoms with E-state index in [0.717, 1.165) is 27.1 Å². The monoisotopic (exact) mass is 340 g/mol. The topological polar surface area (TPSA) is 43.4 Å². The molecule has 0 aromatic carbocycles. The fourth-order valence-corrected chi connectivity index (χ4v) is 5.73. The van der Waals surface area contributed by atoms with Crippen molar-refractivity contribution in [1.82, 2.24) is 0 Å². The van der Waals surface area contributed by atoms with Crippen LogP contribution in [0, 0.1) is 18.8 Å². The fourth-order valence-electron chi connectivity index (χ4n) is 3.98. The molecule has 0 spiro atoms. The normalized spacial score (nSPS) is 40.2. The van der Waals surface area contributed by atoms with Gasteiger partial charge in [-0.25, -0.2) is 0 Å². The van der Waals surface area contributed by atoms with Crippen molar-refractivity contribution in [3.8, 4) is 0 Å². The summed E-state index contributed by atoms with van der Waals surface area (Å²) in [5.74, 6) is -0.695. The molecule has 2 aliphatic heterocycles. The summed E-state index contributed by atoms with van der Waals surface area (Å²) < 4.78 is 6.73. The molecule has 1 aromatic rings. The molecule has 5 heteroatoms. The Balaban J connectivity index is 1.77. The number of ketones is 2. The summed E-state index contributed by atoms with van der Waals surface area (Å²) in [4.78, 5) is 26.3. The second-order valence-electron chi connectivity index (χ2n) is 5.64. The molecule has 1 saturated carbocycles. The highest BCUT2D eigenvalue weighted by Gasteiger charge is 2.63. The zero-order valence-electron chi connectivity index (χ0n) is 10.4. The van der Waals surface area contributed by atoms with Crippen LogP contribution in [0.5, 0.6) is 0 Å². The summed E-state index contributed by atoms with van der Waals surface area (Å²) in [6, 6.07) is 1.93. The van der Waals surface area contributed by atoms with Gasteiger partial charge in [-0.1, -0.05) is 0 Å².